The fourth-order valence-corrected chi connectivity index (χ4v) is 4.65. The van der Waals surface area contributed by atoms with Crippen LogP contribution in [0.15, 0.2) is 51.9 Å². The molecule has 0 amide bonds. The van der Waals surface area contributed by atoms with E-state index in [1.54, 1.807) is 24.3 Å². The highest BCUT2D eigenvalue weighted by molar-refractivity contribution is 6.30. The Morgan fingerprint density at radius 2 is 1.47 bits per heavy atom. The van der Waals surface area contributed by atoms with Crippen molar-refractivity contribution < 1.29 is 57.1 Å². The molecule has 0 radical (unpaired) electrons. The monoisotopic (exact) mass is 618 g/mol. The van der Waals surface area contributed by atoms with E-state index in [1.165, 1.54) is 12.3 Å². The van der Waals surface area contributed by atoms with Crippen LogP contribution in [0.25, 0.3) is 22.1 Å². The number of carbonyl (C=O) groups is 4. The second-order valence-corrected chi connectivity index (χ2v) is 9.92. The van der Waals surface area contributed by atoms with Crippen LogP contribution in [0.4, 0.5) is 0 Å². The summed E-state index contributed by atoms with van der Waals surface area (Å²) in [4.78, 5) is 60.8. The van der Waals surface area contributed by atoms with Gasteiger partial charge in [0.1, 0.15) is 41.4 Å². The number of halogens is 1. The summed E-state index contributed by atoms with van der Waals surface area (Å²) in [6, 6.07) is 8.85. The lowest BCUT2D eigenvalue weighted by Crippen LogP contribution is -2.63. The summed E-state index contributed by atoms with van der Waals surface area (Å²) in [5.74, 6) is -3.70. The third-order valence-corrected chi connectivity index (χ3v) is 6.44. The van der Waals surface area contributed by atoms with Crippen molar-refractivity contribution in [3.8, 4) is 22.6 Å². The number of phenolic OH excluding ortho intramolecular Hbond substituents is 1. The summed E-state index contributed by atoms with van der Waals surface area (Å²) >= 11 is 5.94. The van der Waals surface area contributed by atoms with Gasteiger partial charge in [0.05, 0.1) is 5.56 Å². The molecule has 43 heavy (non-hydrogen) atoms. The Balaban J connectivity index is 1.74. The molecule has 13 nitrogen and oxygen atoms in total. The summed E-state index contributed by atoms with van der Waals surface area (Å²) < 4.78 is 38.6. The fourth-order valence-electron chi connectivity index (χ4n) is 4.52. The van der Waals surface area contributed by atoms with Crippen LogP contribution >= 0.6 is 11.6 Å². The largest absolute Gasteiger partial charge is 0.507 e. The Morgan fingerprint density at radius 1 is 0.860 bits per heavy atom. The number of ether oxygens (including phenoxy) is 6. The summed E-state index contributed by atoms with van der Waals surface area (Å²) in [5, 5.41) is 11.2. The molecule has 5 atom stereocenters. The van der Waals surface area contributed by atoms with Crippen molar-refractivity contribution in [2.75, 3.05) is 6.61 Å². The predicted octanol–water partition coefficient (Wildman–Crippen LogP) is 3.28. The first kappa shape index (κ1) is 31.3. The normalized spacial score (nSPS) is 21.5. The number of hydrogen-bond donors (Lipinski definition) is 1. The Hall–Kier alpha value is -4.62. The van der Waals surface area contributed by atoms with Crippen LogP contribution in [0.5, 0.6) is 11.5 Å². The van der Waals surface area contributed by atoms with Crippen molar-refractivity contribution in [1.29, 1.82) is 0 Å². The number of fused-ring (bicyclic) bond motifs is 1. The van der Waals surface area contributed by atoms with Gasteiger partial charge in [0, 0.05) is 44.9 Å². The summed E-state index contributed by atoms with van der Waals surface area (Å²) in [6.45, 7) is 3.96. The molecule has 1 fully saturated rings. The van der Waals surface area contributed by atoms with Gasteiger partial charge in [0.15, 0.2) is 12.2 Å². The summed E-state index contributed by atoms with van der Waals surface area (Å²) in [5.41, 5.74) is 0.105. The van der Waals surface area contributed by atoms with Crippen molar-refractivity contribution in [2.24, 2.45) is 0 Å². The van der Waals surface area contributed by atoms with E-state index in [9.17, 15) is 29.1 Å². The first-order valence-electron chi connectivity index (χ1n) is 12.9. The molecule has 0 spiro atoms. The third kappa shape index (κ3) is 7.43. The second kappa shape index (κ2) is 13.1. The van der Waals surface area contributed by atoms with Gasteiger partial charge >= 0.3 is 23.9 Å². The maximum absolute atomic E-state index is 13.2. The molecule has 3 aromatic rings. The molecule has 1 aromatic heterocycles. The average molecular weight is 619 g/mol. The van der Waals surface area contributed by atoms with Crippen molar-refractivity contribution in [3.05, 3.63) is 57.9 Å². The molecular formula is C29H27ClO13. The molecule has 4 rings (SSSR count). The zero-order valence-electron chi connectivity index (χ0n) is 23.4. The van der Waals surface area contributed by atoms with Gasteiger partial charge < -0.3 is 37.9 Å². The molecule has 0 aliphatic carbocycles. The number of phenols is 1. The lowest BCUT2D eigenvalue weighted by molar-refractivity contribution is -0.288. The number of aromatic hydroxyl groups is 1. The number of benzene rings is 2. The van der Waals surface area contributed by atoms with E-state index in [0.29, 0.717) is 10.6 Å². The Morgan fingerprint density at radius 3 is 2.07 bits per heavy atom. The molecule has 0 saturated carbocycles. The Bertz CT molecular complexity index is 1600. The van der Waals surface area contributed by atoms with Gasteiger partial charge in [-0.15, -0.1) is 0 Å². The summed E-state index contributed by atoms with van der Waals surface area (Å²) in [7, 11) is 0. The van der Waals surface area contributed by atoms with E-state index in [4.69, 9.17) is 44.4 Å². The maximum Gasteiger partial charge on any atom is 0.303 e. The van der Waals surface area contributed by atoms with E-state index in [2.05, 4.69) is 0 Å². The number of esters is 4. The van der Waals surface area contributed by atoms with Crippen LogP contribution in [-0.2, 0) is 42.9 Å². The first-order valence-corrected chi connectivity index (χ1v) is 13.2. The zero-order chi connectivity index (χ0) is 31.4. The van der Waals surface area contributed by atoms with Crippen molar-refractivity contribution in [2.45, 2.75) is 58.4 Å². The topological polar surface area (TPSA) is 174 Å². The minimum atomic E-state index is -1.56. The lowest BCUT2D eigenvalue weighted by atomic mass is 9.98. The second-order valence-electron chi connectivity index (χ2n) is 9.49. The fraction of sp³-hybridized carbons (Fsp3) is 0.345. The highest BCUT2D eigenvalue weighted by Gasteiger charge is 2.53. The zero-order valence-corrected chi connectivity index (χ0v) is 24.1. The molecule has 228 valence electrons. The maximum atomic E-state index is 13.2. The van der Waals surface area contributed by atoms with E-state index >= 15 is 0 Å². The minimum Gasteiger partial charge on any atom is -0.507 e. The van der Waals surface area contributed by atoms with Crippen LogP contribution in [0.3, 0.4) is 0 Å². The molecule has 2 heterocycles. The van der Waals surface area contributed by atoms with Gasteiger partial charge in [-0.1, -0.05) is 23.7 Å². The van der Waals surface area contributed by atoms with E-state index in [-0.39, 0.29) is 22.3 Å². The molecule has 1 aliphatic rings. The molecule has 2 aromatic carbocycles. The number of carbonyl (C=O) groups excluding carboxylic acids is 4. The van der Waals surface area contributed by atoms with Gasteiger partial charge in [-0.25, -0.2) is 0 Å². The highest BCUT2D eigenvalue weighted by atomic mass is 35.5. The van der Waals surface area contributed by atoms with E-state index in [1.807, 2.05) is 0 Å². The van der Waals surface area contributed by atoms with Crippen LogP contribution in [-0.4, -0.2) is 66.3 Å². The van der Waals surface area contributed by atoms with E-state index < -0.39 is 72.4 Å². The quantitative estimate of drug-likeness (QED) is 0.288. The first-order chi connectivity index (χ1) is 20.3. The van der Waals surface area contributed by atoms with Crippen molar-refractivity contribution in [3.63, 3.8) is 0 Å². The van der Waals surface area contributed by atoms with Gasteiger partial charge in [-0.3, -0.25) is 24.0 Å². The molecule has 1 N–H and O–H groups in total. The third-order valence-electron chi connectivity index (χ3n) is 6.19. The summed E-state index contributed by atoms with van der Waals surface area (Å²) in [6.07, 6.45) is -5.93. The number of rotatable bonds is 8. The Labute approximate surface area is 249 Å². The smallest absolute Gasteiger partial charge is 0.303 e. The van der Waals surface area contributed by atoms with Crippen LogP contribution in [0.1, 0.15) is 27.7 Å². The van der Waals surface area contributed by atoms with Crippen LogP contribution in [0, 0.1) is 0 Å². The van der Waals surface area contributed by atoms with Gasteiger partial charge in [-0.2, -0.15) is 0 Å². The highest BCUT2D eigenvalue weighted by Crippen LogP contribution is 2.35. The molecule has 1 aliphatic heterocycles. The minimum absolute atomic E-state index is 0.0525. The predicted molar refractivity (Wildman–Crippen MR) is 147 cm³/mol. The van der Waals surface area contributed by atoms with Crippen LogP contribution < -0.4 is 10.2 Å². The molecule has 1 saturated heterocycles. The standard InChI is InChI=1S/C29H27ClO13/c1-13(31)37-12-23-26(39-14(2)32)27(40-15(3)33)28(41-16(4)34)29(43-23)42-19-9-21(35)24-22(10-19)38-11-20(25(24)36)17-5-7-18(30)8-6-17/h5-11,23,26-29,35H,12H2,1-4H3. The Kier molecular flexibility index (Phi) is 9.56. The lowest BCUT2D eigenvalue weighted by Gasteiger charge is -2.43. The van der Waals surface area contributed by atoms with E-state index in [0.717, 1.165) is 33.8 Å². The van der Waals surface area contributed by atoms with Crippen LogP contribution in [0.2, 0.25) is 5.02 Å². The van der Waals surface area contributed by atoms with Gasteiger partial charge in [0.2, 0.25) is 17.8 Å². The van der Waals surface area contributed by atoms with Crippen molar-refractivity contribution >= 4 is 46.4 Å². The van der Waals surface area contributed by atoms with Gasteiger partial charge in [0.25, 0.3) is 0 Å². The molecule has 0 bridgehead atoms. The SMILES string of the molecule is CC(=O)OCC1OC(Oc2cc(O)c3c(=O)c(-c4ccc(Cl)cc4)coc3c2)C(OC(C)=O)C(OC(C)=O)C1OC(C)=O. The van der Waals surface area contributed by atoms with Crippen molar-refractivity contribution in [1.82, 2.24) is 0 Å². The number of hydrogen-bond acceptors (Lipinski definition) is 13. The molecular weight excluding hydrogens is 592 g/mol. The molecule has 14 heteroatoms. The van der Waals surface area contributed by atoms with Gasteiger partial charge in [-0.05, 0) is 17.7 Å². The molecule has 5 unspecified atom stereocenters. The average Bonchev–Trinajstić information content (AvgIpc) is 2.91.